The Labute approximate surface area is 120 Å². The van der Waals surface area contributed by atoms with Gasteiger partial charge in [0.1, 0.15) is 12.1 Å². The van der Waals surface area contributed by atoms with Crippen LogP contribution in [0.5, 0.6) is 5.75 Å². The molecular formula is C12H14N6O3. The van der Waals surface area contributed by atoms with E-state index in [2.05, 4.69) is 15.4 Å². The zero-order chi connectivity index (χ0) is 15.4. The monoisotopic (exact) mass is 290 g/mol. The molecular weight excluding hydrogens is 276 g/mol. The first-order valence-corrected chi connectivity index (χ1v) is 5.92. The van der Waals surface area contributed by atoms with Gasteiger partial charge in [0.25, 0.3) is 0 Å². The van der Waals surface area contributed by atoms with Gasteiger partial charge in [0.2, 0.25) is 11.6 Å². The van der Waals surface area contributed by atoms with Crippen molar-refractivity contribution in [3.63, 3.8) is 0 Å². The second kappa shape index (κ2) is 6.01. The lowest BCUT2D eigenvalue weighted by Gasteiger charge is -2.19. The van der Waals surface area contributed by atoms with E-state index in [1.807, 2.05) is 0 Å². The number of benzene rings is 1. The zero-order valence-corrected chi connectivity index (χ0v) is 11.5. The number of nitro groups is 1. The summed E-state index contributed by atoms with van der Waals surface area (Å²) in [4.78, 5) is 19.9. The Morgan fingerprint density at radius 2 is 2.19 bits per heavy atom. The Bertz CT molecular complexity index is 663. The topological polar surface area (TPSA) is 119 Å². The number of hydrogen-bond donors (Lipinski definition) is 2. The third-order valence-corrected chi connectivity index (χ3v) is 2.88. The number of hydrogen-bond acceptors (Lipinski definition) is 8. The molecule has 0 aliphatic heterocycles. The zero-order valence-electron chi connectivity index (χ0n) is 11.5. The van der Waals surface area contributed by atoms with Crippen molar-refractivity contribution in [1.29, 1.82) is 0 Å². The fourth-order valence-electron chi connectivity index (χ4n) is 1.83. The van der Waals surface area contributed by atoms with Gasteiger partial charge in [-0.05, 0) is 12.1 Å². The van der Waals surface area contributed by atoms with E-state index in [0.717, 1.165) is 0 Å². The average molecular weight is 290 g/mol. The SMILES string of the molecule is COc1cccc(N(C)c2ncnc(NN)c2[N+](=O)[O-])c1. The second-order valence-electron chi connectivity index (χ2n) is 4.06. The van der Waals surface area contributed by atoms with Crippen LogP contribution in [0.25, 0.3) is 0 Å². The van der Waals surface area contributed by atoms with Gasteiger partial charge >= 0.3 is 5.69 Å². The summed E-state index contributed by atoms with van der Waals surface area (Å²) in [5.74, 6) is 5.96. The standard InChI is InChI=1S/C12H14N6O3/c1-17(8-4-3-5-9(6-8)21-2)12-10(18(19)20)11(16-13)14-7-15-12/h3-7H,13H2,1-2H3,(H,14,15,16). The molecule has 3 N–H and O–H groups in total. The number of nitrogens with two attached hydrogens (primary N) is 1. The van der Waals surface area contributed by atoms with Gasteiger partial charge in [-0.2, -0.15) is 0 Å². The van der Waals surface area contributed by atoms with Crippen LogP contribution >= 0.6 is 0 Å². The van der Waals surface area contributed by atoms with E-state index in [1.165, 1.54) is 6.33 Å². The van der Waals surface area contributed by atoms with Crippen LogP contribution in [-0.4, -0.2) is 29.0 Å². The molecule has 0 bridgehead atoms. The van der Waals surface area contributed by atoms with Crippen molar-refractivity contribution in [2.75, 3.05) is 24.5 Å². The summed E-state index contributed by atoms with van der Waals surface area (Å²) in [6.07, 6.45) is 1.20. The lowest BCUT2D eigenvalue weighted by molar-refractivity contribution is -0.383. The number of ether oxygens (including phenoxy) is 1. The Balaban J connectivity index is 2.52. The van der Waals surface area contributed by atoms with Crippen molar-refractivity contribution >= 4 is 23.0 Å². The highest BCUT2D eigenvalue weighted by atomic mass is 16.6. The molecule has 1 aromatic carbocycles. The second-order valence-corrected chi connectivity index (χ2v) is 4.06. The molecule has 9 nitrogen and oxygen atoms in total. The fourth-order valence-corrected chi connectivity index (χ4v) is 1.83. The summed E-state index contributed by atoms with van der Waals surface area (Å²) in [6, 6.07) is 7.07. The number of anilines is 3. The first kappa shape index (κ1) is 14.5. The van der Waals surface area contributed by atoms with Crippen LogP contribution in [0.4, 0.5) is 23.0 Å². The Morgan fingerprint density at radius 3 is 2.81 bits per heavy atom. The third kappa shape index (κ3) is 2.82. The Hall–Kier alpha value is -2.94. The molecule has 0 aliphatic carbocycles. The van der Waals surface area contributed by atoms with Crippen LogP contribution in [-0.2, 0) is 0 Å². The van der Waals surface area contributed by atoms with Crippen molar-refractivity contribution in [2.24, 2.45) is 5.84 Å². The van der Waals surface area contributed by atoms with Crippen molar-refractivity contribution in [3.8, 4) is 5.75 Å². The molecule has 0 aliphatic rings. The van der Waals surface area contributed by atoms with Gasteiger partial charge in [0, 0.05) is 18.8 Å². The van der Waals surface area contributed by atoms with E-state index >= 15 is 0 Å². The maximum atomic E-state index is 11.2. The van der Waals surface area contributed by atoms with E-state index in [9.17, 15) is 10.1 Å². The minimum Gasteiger partial charge on any atom is -0.497 e. The molecule has 0 saturated carbocycles. The smallest absolute Gasteiger partial charge is 0.355 e. The van der Waals surface area contributed by atoms with Gasteiger partial charge in [-0.15, -0.1) is 0 Å². The number of nitrogens with one attached hydrogen (secondary N) is 1. The van der Waals surface area contributed by atoms with Crippen LogP contribution in [0, 0.1) is 10.1 Å². The van der Waals surface area contributed by atoms with Crippen LogP contribution in [0.1, 0.15) is 0 Å². The molecule has 1 heterocycles. The predicted molar refractivity (Wildman–Crippen MR) is 77.6 cm³/mol. The lowest BCUT2D eigenvalue weighted by Crippen LogP contribution is -2.17. The van der Waals surface area contributed by atoms with Gasteiger partial charge in [-0.25, -0.2) is 15.8 Å². The first-order chi connectivity index (χ1) is 10.1. The van der Waals surface area contributed by atoms with Crippen LogP contribution in [0.3, 0.4) is 0 Å². The van der Waals surface area contributed by atoms with Crippen LogP contribution < -0.4 is 20.9 Å². The highest BCUT2D eigenvalue weighted by Gasteiger charge is 2.25. The third-order valence-electron chi connectivity index (χ3n) is 2.88. The maximum absolute atomic E-state index is 11.2. The van der Waals surface area contributed by atoms with Crippen molar-refractivity contribution in [1.82, 2.24) is 9.97 Å². The summed E-state index contributed by atoms with van der Waals surface area (Å²) in [6.45, 7) is 0. The highest BCUT2D eigenvalue weighted by Crippen LogP contribution is 2.35. The average Bonchev–Trinajstić information content (AvgIpc) is 2.53. The summed E-state index contributed by atoms with van der Waals surface area (Å²) in [5.41, 5.74) is 2.58. The Kier molecular flexibility index (Phi) is 4.14. The quantitative estimate of drug-likeness (QED) is 0.482. The normalized spacial score (nSPS) is 10.0. The molecule has 0 saturated heterocycles. The van der Waals surface area contributed by atoms with Crippen molar-refractivity contribution in [3.05, 3.63) is 40.7 Å². The molecule has 1 aromatic heterocycles. The molecule has 0 unspecified atom stereocenters. The molecule has 0 atom stereocenters. The molecule has 0 radical (unpaired) electrons. The van der Waals surface area contributed by atoms with E-state index < -0.39 is 4.92 Å². The van der Waals surface area contributed by atoms with Crippen molar-refractivity contribution in [2.45, 2.75) is 0 Å². The summed E-state index contributed by atoms with van der Waals surface area (Å²) >= 11 is 0. The van der Waals surface area contributed by atoms with Crippen LogP contribution in [0.15, 0.2) is 30.6 Å². The largest absolute Gasteiger partial charge is 0.497 e. The van der Waals surface area contributed by atoms with Gasteiger partial charge in [-0.1, -0.05) is 6.07 Å². The van der Waals surface area contributed by atoms with E-state index in [1.54, 1.807) is 43.3 Å². The number of nitrogen functional groups attached to an aromatic ring is 1. The van der Waals surface area contributed by atoms with E-state index in [-0.39, 0.29) is 17.3 Å². The number of aromatic nitrogens is 2. The molecule has 21 heavy (non-hydrogen) atoms. The first-order valence-electron chi connectivity index (χ1n) is 5.92. The molecule has 2 rings (SSSR count). The van der Waals surface area contributed by atoms with Gasteiger partial charge in [0.15, 0.2) is 0 Å². The predicted octanol–water partition coefficient (Wildman–Crippen LogP) is 1.45. The maximum Gasteiger partial charge on any atom is 0.355 e. The highest BCUT2D eigenvalue weighted by molar-refractivity contribution is 5.75. The Morgan fingerprint density at radius 1 is 1.43 bits per heavy atom. The van der Waals surface area contributed by atoms with Crippen LogP contribution in [0.2, 0.25) is 0 Å². The van der Waals surface area contributed by atoms with Crippen molar-refractivity contribution < 1.29 is 9.66 Å². The van der Waals surface area contributed by atoms with Gasteiger partial charge in [0.05, 0.1) is 12.0 Å². The van der Waals surface area contributed by atoms with Gasteiger partial charge in [-0.3, -0.25) is 10.1 Å². The summed E-state index contributed by atoms with van der Waals surface area (Å²) in [5, 5.41) is 11.2. The molecule has 110 valence electrons. The van der Waals surface area contributed by atoms with E-state index in [4.69, 9.17) is 10.6 Å². The van der Waals surface area contributed by atoms with Gasteiger partial charge < -0.3 is 15.1 Å². The fraction of sp³-hybridized carbons (Fsp3) is 0.167. The summed E-state index contributed by atoms with van der Waals surface area (Å²) in [7, 11) is 3.20. The number of methoxy groups -OCH3 is 1. The molecule has 0 spiro atoms. The minimum absolute atomic E-state index is 0.0558. The number of rotatable bonds is 5. The lowest BCUT2D eigenvalue weighted by atomic mass is 10.2. The molecule has 0 amide bonds. The summed E-state index contributed by atoms with van der Waals surface area (Å²) < 4.78 is 5.14. The molecule has 9 heteroatoms. The minimum atomic E-state index is -0.582. The van der Waals surface area contributed by atoms with E-state index in [0.29, 0.717) is 11.4 Å². The molecule has 0 fully saturated rings. The molecule has 2 aromatic rings. The number of nitrogens with zero attached hydrogens (tertiary/aromatic N) is 4. The number of hydrazine groups is 1.